The molecule has 0 heterocycles. The summed E-state index contributed by atoms with van der Waals surface area (Å²) in [6.45, 7) is 6.14. The first kappa shape index (κ1) is 11.9. The van der Waals surface area contributed by atoms with Crippen LogP contribution in [0, 0.1) is 17.9 Å². The van der Waals surface area contributed by atoms with Gasteiger partial charge < -0.3 is 9.95 Å². The molecule has 40 valence electrons. The molecule has 0 bridgehead atoms. The normalized spacial score (nSPS) is 8.44. The quantitative estimate of drug-likeness (QED) is 0.168. The van der Waals surface area contributed by atoms with Crippen LogP contribution in [0.25, 0.3) is 4.85 Å². The molecule has 0 saturated heterocycles. The minimum absolute atomic E-state index is 0. The average Bonchev–Trinajstić information content (AvgIpc) is 1.83. The van der Waals surface area contributed by atoms with E-state index in [4.69, 9.17) is 11.8 Å². The van der Waals surface area contributed by atoms with Gasteiger partial charge in [-0.15, -0.1) is 6.26 Å². The molecule has 0 spiro atoms. The van der Waals surface area contributed by atoms with E-state index in [1.54, 1.807) is 6.07 Å². The molecule has 9 heavy (non-hydrogen) atoms. The third-order valence-corrected chi connectivity index (χ3v) is 0.535. The number of rotatable bonds is 1. The summed E-state index contributed by atoms with van der Waals surface area (Å²) < 4.78 is 0. The molecule has 0 unspecified atom stereocenters. The van der Waals surface area contributed by atoms with Gasteiger partial charge in [-0.1, -0.05) is 0 Å². The summed E-state index contributed by atoms with van der Waals surface area (Å²) >= 11 is 0. The first-order chi connectivity index (χ1) is 3.85. The van der Waals surface area contributed by atoms with Crippen molar-refractivity contribution in [2.75, 3.05) is 6.54 Å². The SMILES string of the molecule is [C-]#[N+]C/C(C#N)=C/[O-].[K+]. The second-order valence-electron chi connectivity index (χ2n) is 1.07. The fourth-order valence-corrected chi connectivity index (χ4v) is 0.184. The fourth-order valence-electron chi connectivity index (χ4n) is 0.184. The zero-order chi connectivity index (χ0) is 6.41. The first-order valence-corrected chi connectivity index (χ1v) is 1.89. The van der Waals surface area contributed by atoms with E-state index in [9.17, 15) is 5.11 Å². The van der Waals surface area contributed by atoms with Crippen LogP contribution in [0.3, 0.4) is 0 Å². The van der Waals surface area contributed by atoms with Crippen molar-refractivity contribution in [3.63, 3.8) is 0 Å². The standard InChI is InChI=1S/C5H4N2O.K/c1-7-3-5(2-6)4-8;/h4,8H,3H2;/q;+1/p-1/b5-4+;. The molecule has 0 N–H and O–H groups in total. The maximum atomic E-state index is 9.72. The number of nitrogens with zero attached hydrogens (tertiary/aromatic N) is 2. The average molecular weight is 146 g/mol. The molecule has 0 aliphatic rings. The Morgan fingerprint density at radius 1 is 1.89 bits per heavy atom. The Morgan fingerprint density at radius 2 is 2.44 bits per heavy atom. The molecule has 4 heteroatoms. The van der Waals surface area contributed by atoms with E-state index in [0.29, 0.717) is 6.26 Å². The zero-order valence-electron chi connectivity index (χ0n) is 5.09. The van der Waals surface area contributed by atoms with E-state index in [2.05, 4.69) is 4.85 Å². The number of nitriles is 1. The van der Waals surface area contributed by atoms with Crippen molar-refractivity contribution in [2.24, 2.45) is 0 Å². The molecule has 3 nitrogen and oxygen atoms in total. The molecule has 0 saturated carbocycles. The summed E-state index contributed by atoms with van der Waals surface area (Å²) in [5.74, 6) is 0. The van der Waals surface area contributed by atoms with Crippen LogP contribution < -0.4 is 56.5 Å². The van der Waals surface area contributed by atoms with Gasteiger partial charge in [-0.25, -0.2) is 6.57 Å². The van der Waals surface area contributed by atoms with Crippen molar-refractivity contribution in [3.05, 3.63) is 23.3 Å². The first-order valence-electron chi connectivity index (χ1n) is 1.89. The Kier molecular flexibility index (Phi) is 10.8. The van der Waals surface area contributed by atoms with Crippen LogP contribution in [0.2, 0.25) is 0 Å². The van der Waals surface area contributed by atoms with Gasteiger partial charge in [-0.2, -0.15) is 5.26 Å². The van der Waals surface area contributed by atoms with Gasteiger partial charge >= 0.3 is 51.4 Å². The Balaban J connectivity index is 0. The second kappa shape index (κ2) is 8.16. The van der Waals surface area contributed by atoms with Crippen molar-refractivity contribution in [2.45, 2.75) is 0 Å². The van der Waals surface area contributed by atoms with E-state index in [1.807, 2.05) is 0 Å². The van der Waals surface area contributed by atoms with Crippen LogP contribution in [-0.4, -0.2) is 6.54 Å². The summed E-state index contributed by atoms with van der Waals surface area (Å²) in [4.78, 5) is 2.84. The summed E-state index contributed by atoms with van der Waals surface area (Å²) in [6.07, 6.45) is 0.401. The van der Waals surface area contributed by atoms with E-state index in [-0.39, 0.29) is 63.5 Å². The van der Waals surface area contributed by atoms with Gasteiger partial charge in [0.25, 0.3) is 0 Å². The van der Waals surface area contributed by atoms with Crippen molar-refractivity contribution >= 4 is 0 Å². The zero-order valence-corrected chi connectivity index (χ0v) is 8.21. The van der Waals surface area contributed by atoms with Crippen molar-refractivity contribution in [3.8, 4) is 6.07 Å². The van der Waals surface area contributed by atoms with Crippen molar-refractivity contribution in [1.29, 1.82) is 5.26 Å². The molecule has 0 rings (SSSR count). The molecule has 0 aromatic carbocycles. The Morgan fingerprint density at radius 3 is 2.56 bits per heavy atom. The van der Waals surface area contributed by atoms with Gasteiger partial charge in [0.15, 0.2) is 0 Å². The molecule has 0 aliphatic heterocycles. The van der Waals surface area contributed by atoms with Crippen LogP contribution in [0.4, 0.5) is 0 Å². The number of hydrogen-bond donors (Lipinski definition) is 0. The monoisotopic (exact) mass is 146 g/mol. The van der Waals surface area contributed by atoms with Gasteiger partial charge in [0.05, 0.1) is 5.57 Å². The molecule has 0 amide bonds. The summed E-state index contributed by atoms with van der Waals surface area (Å²) in [5.41, 5.74) is -0.0139. The predicted octanol–water partition coefficient (Wildman–Crippen LogP) is -3.32. The molecule has 0 aliphatic carbocycles. The molecule has 0 aromatic heterocycles. The van der Waals surface area contributed by atoms with E-state index in [1.165, 1.54) is 0 Å². The van der Waals surface area contributed by atoms with E-state index < -0.39 is 0 Å². The van der Waals surface area contributed by atoms with Crippen molar-refractivity contribution in [1.82, 2.24) is 0 Å². The van der Waals surface area contributed by atoms with Gasteiger partial charge in [-0.3, -0.25) is 0 Å². The third-order valence-electron chi connectivity index (χ3n) is 0.535. The summed E-state index contributed by atoms with van der Waals surface area (Å²) in [5, 5.41) is 17.7. The molecular weight excluding hydrogens is 143 g/mol. The largest absolute Gasteiger partial charge is 1.00 e. The van der Waals surface area contributed by atoms with Crippen LogP contribution in [0.1, 0.15) is 0 Å². The molecule has 0 radical (unpaired) electrons. The second-order valence-corrected chi connectivity index (χ2v) is 1.07. The van der Waals surface area contributed by atoms with Crippen LogP contribution in [0.5, 0.6) is 0 Å². The summed E-state index contributed by atoms with van der Waals surface area (Å²) in [7, 11) is 0. The Bertz CT molecular complexity index is 174. The van der Waals surface area contributed by atoms with Gasteiger partial charge in [0.2, 0.25) is 6.54 Å². The molecular formula is C5H3KN2O. The smallest absolute Gasteiger partial charge is 0.877 e. The fraction of sp³-hybridized carbons (Fsp3) is 0.200. The predicted molar refractivity (Wildman–Crippen MR) is 25.2 cm³/mol. The van der Waals surface area contributed by atoms with Gasteiger partial charge in [0, 0.05) is 0 Å². The maximum Gasteiger partial charge on any atom is 1.00 e. The Labute approximate surface area is 96.2 Å². The topological polar surface area (TPSA) is 51.2 Å². The van der Waals surface area contributed by atoms with Crippen molar-refractivity contribution < 1.29 is 56.5 Å². The van der Waals surface area contributed by atoms with Gasteiger partial charge in [-0.05, 0) is 0 Å². The maximum absolute atomic E-state index is 9.72. The summed E-state index contributed by atoms with van der Waals surface area (Å²) in [6, 6.07) is 1.59. The molecule has 0 aromatic rings. The van der Waals surface area contributed by atoms with Gasteiger partial charge in [0.1, 0.15) is 6.07 Å². The van der Waals surface area contributed by atoms with Crippen LogP contribution in [-0.2, 0) is 0 Å². The molecule has 0 fully saturated rings. The minimum atomic E-state index is -0.0972. The number of hydrogen-bond acceptors (Lipinski definition) is 2. The van der Waals surface area contributed by atoms with E-state index in [0.717, 1.165) is 0 Å². The molecule has 0 atom stereocenters. The Hall–Kier alpha value is 0.156. The van der Waals surface area contributed by atoms with Crippen LogP contribution >= 0.6 is 0 Å². The minimum Gasteiger partial charge on any atom is -0.877 e. The van der Waals surface area contributed by atoms with Crippen LogP contribution in [0.15, 0.2) is 11.8 Å². The van der Waals surface area contributed by atoms with E-state index >= 15 is 0 Å². The third kappa shape index (κ3) is 6.04.